The Morgan fingerprint density at radius 3 is 2.92 bits per heavy atom. The van der Waals surface area contributed by atoms with Crippen molar-refractivity contribution in [2.45, 2.75) is 57.0 Å². The van der Waals surface area contributed by atoms with Gasteiger partial charge in [0.15, 0.2) is 0 Å². The summed E-state index contributed by atoms with van der Waals surface area (Å²) in [5.74, 6) is 0.901. The van der Waals surface area contributed by atoms with Crippen molar-refractivity contribution in [2.24, 2.45) is 11.7 Å². The number of nitrogens with zero attached hydrogens (tertiary/aromatic N) is 2. The van der Waals surface area contributed by atoms with Gasteiger partial charge in [-0.1, -0.05) is 30.7 Å². The van der Waals surface area contributed by atoms with E-state index in [2.05, 4.69) is 34.7 Å². The number of fused-ring (bicyclic) bond motifs is 1. The first-order chi connectivity index (χ1) is 12.2. The highest BCUT2D eigenvalue weighted by Gasteiger charge is 2.28. The Kier molecular flexibility index (Phi) is 4.57. The Morgan fingerprint density at radius 1 is 1.16 bits per heavy atom. The van der Waals surface area contributed by atoms with Crippen LogP contribution in [0.4, 0.5) is 5.82 Å². The summed E-state index contributed by atoms with van der Waals surface area (Å²) in [6.07, 6.45) is 8.87. The summed E-state index contributed by atoms with van der Waals surface area (Å²) < 4.78 is 1.98. The van der Waals surface area contributed by atoms with Gasteiger partial charge in [0, 0.05) is 18.0 Å². The number of anilines is 1. The van der Waals surface area contributed by atoms with E-state index in [4.69, 9.17) is 5.73 Å². The molecule has 0 spiro atoms. The van der Waals surface area contributed by atoms with Gasteiger partial charge in [-0.3, -0.25) is 4.79 Å². The smallest absolute Gasteiger partial charge is 0.228 e. The zero-order valence-corrected chi connectivity index (χ0v) is 14.5. The van der Waals surface area contributed by atoms with Crippen LogP contribution in [0.15, 0.2) is 36.5 Å². The van der Waals surface area contributed by atoms with Gasteiger partial charge in [0.2, 0.25) is 5.91 Å². The zero-order chi connectivity index (χ0) is 17.2. The molecule has 25 heavy (non-hydrogen) atoms. The molecule has 0 radical (unpaired) electrons. The fourth-order valence-electron chi connectivity index (χ4n) is 4.34. The third kappa shape index (κ3) is 3.33. The number of hydrogen-bond acceptors (Lipinski definition) is 3. The molecular weight excluding hydrogens is 312 g/mol. The molecule has 132 valence electrons. The summed E-state index contributed by atoms with van der Waals surface area (Å²) in [7, 11) is 0. The standard InChI is InChI=1S/C20H26N4O/c21-16-8-3-7-15(13-16)20(25)23-19-11-12-22-24(19)18-10-4-6-14-5-1-2-9-17(14)18/h1-2,5,9,11-12,15-16,18H,3-4,6-8,10,13,21H2,(H,23,25). The predicted octanol–water partition coefficient (Wildman–Crippen LogP) is 3.26. The summed E-state index contributed by atoms with van der Waals surface area (Å²) in [5, 5.41) is 7.64. The SMILES string of the molecule is NC1CCCC(C(=O)Nc2ccnn2C2CCCc3ccccc32)C1. The summed E-state index contributed by atoms with van der Waals surface area (Å²) in [6.45, 7) is 0. The number of carbonyl (C=O) groups excluding carboxylic acids is 1. The molecule has 2 aliphatic rings. The van der Waals surface area contributed by atoms with Crippen molar-refractivity contribution in [2.75, 3.05) is 5.32 Å². The van der Waals surface area contributed by atoms with Crippen LogP contribution in [-0.2, 0) is 11.2 Å². The van der Waals surface area contributed by atoms with E-state index in [1.807, 2.05) is 10.7 Å². The maximum atomic E-state index is 12.7. The van der Waals surface area contributed by atoms with Crippen LogP contribution in [-0.4, -0.2) is 21.7 Å². The van der Waals surface area contributed by atoms with Crippen LogP contribution in [0, 0.1) is 5.92 Å². The molecule has 1 amide bonds. The van der Waals surface area contributed by atoms with E-state index in [1.165, 1.54) is 11.1 Å². The molecule has 3 N–H and O–H groups in total. The molecule has 5 heteroatoms. The maximum absolute atomic E-state index is 12.7. The van der Waals surface area contributed by atoms with Crippen molar-refractivity contribution in [3.05, 3.63) is 47.7 Å². The molecular formula is C20H26N4O. The van der Waals surface area contributed by atoms with E-state index in [9.17, 15) is 4.79 Å². The minimum absolute atomic E-state index is 0.0192. The average molecular weight is 338 g/mol. The van der Waals surface area contributed by atoms with Gasteiger partial charge in [-0.15, -0.1) is 0 Å². The second-order valence-electron chi connectivity index (χ2n) is 7.38. The monoisotopic (exact) mass is 338 g/mol. The lowest BCUT2D eigenvalue weighted by Crippen LogP contribution is -2.35. The highest BCUT2D eigenvalue weighted by molar-refractivity contribution is 5.91. The molecule has 2 aromatic rings. The fraction of sp³-hybridized carbons (Fsp3) is 0.500. The van der Waals surface area contributed by atoms with E-state index in [0.29, 0.717) is 0 Å². The fourth-order valence-corrected chi connectivity index (χ4v) is 4.34. The zero-order valence-electron chi connectivity index (χ0n) is 14.5. The number of benzene rings is 1. The van der Waals surface area contributed by atoms with Gasteiger partial charge in [-0.25, -0.2) is 4.68 Å². The van der Waals surface area contributed by atoms with Gasteiger partial charge in [0.05, 0.1) is 12.2 Å². The molecule has 1 aromatic carbocycles. The molecule has 0 saturated heterocycles. The van der Waals surface area contributed by atoms with Gasteiger partial charge < -0.3 is 11.1 Å². The number of hydrogen-bond donors (Lipinski definition) is 2. The molecule has 3 unspecified atom stereocenters. The molecule has 1 fully saturated rings. The van der Waals surface area contributed by atoms with Crippen LogP contribution >= 0.6 is 0 Å². The summed E-state index contributed by atoms with van der Waals surface area (Å²) >= 11 is 0. The molecule has 3 atom stereocenters. The van der Waals surface area contributed by atoms with Crippen LogP contribution in [0.5, 0.6) is 0 Å². The average Bonchev–Trinajstić information content (AvgIpc) is 3.09. The highest BCUT2D eigenvalue weighted by atomic mass is 16.2. The summed E-state index contributed by atoms with van der Waals surface area (Å²) in [6, 6.07) is 10.8. The van der Waals surface area contributed by atoms with Crippen molar-refractivity contribution in [1.29, 1.82) is 0 Å². The number of aryl methyl sites for hydroxylation is 1. The van der Waals surface area contributed by atoms with Crippen molar-refractivity contribution < 1.29 is 4.79 Å². The lowest BCUT2D eigenvalue weighted by atomic mass is 9.85. The molecule has 5 nitrogen and oxygen atoms in total. The number of nitrogens with one attached hydrogen (secondary N) is 1. The van der Waals surface area contributed by atoms with Crippen LogP contribution in [0.3, 0.4) is 0 Å². The first-order valence-corrected chi connectivity index (χ1v) is 9.40. The Hall–Kier alpha value is -2.14. The normalized spacial score (nSPS) is 26.0. The number of amides is 1. The molecule has 1 saturated carbocycles. The third-order valence-corrected chi connectivity index (χ3v) is 5.64. The molecule has 1 heterocycles. The lowest BCUT2D eigenvalue weighted by Gasteiger charge is -2.28. The second-order valence-corrected chi connectivity index (χ2v) is 7.38. The largest absolute Gasteiger partial charge is 0.328 e. The lowest BCUT2D eigenvalue weighted by molar-refractivity contribution is -0.120. The first kappa shape index (κ1) is 16.3. The van der Waals surface area contributed by atoms with Crippen molar-refractivity contribution in [1.82, 2.24) is 9.78 Å². The Morgan fingerprint density at radius 2 is 2.04 bits per heavy atom. The first-order valence-electron chi connectivity index (χ1n) is 9.40. The molecule has 0 aliphatic heterocycles. The quantitative estimate of drug-likeness (QED) is 0.902. The number of rotatable bonds is 3. The van der Waals surface area contributed by atoms with Crippen LogP contribution < -0.4 is 11.1 Å². The topological polar surface area (TPSA) is 72.9 Å². The van der Waals surface area contributed by atoms with Crippen molar-refractivity contribution >= 4 is 11.7 Å². The van der Waals surface area contributed by atoms with E-state index in [1.54, 1.807) is 6.20 Å². The molecule has 4 rings (SSSR count). The van der Waals surface area contributed by atoms with Gasteiger partial charge in [0.1, 0.15) is 5.82 Å². The molecule has 2 aliphatic carbocycles. The Balaban J connectivity index is 1.54. The van der Waals surface area contributed by atoms with Crippen LogP contribution in [0.2, 0.25) is 0 Å². The minimum Gasteiger partial charge on any atom is -0.328 e. The number of aromatic nitrogens is 2. The summed E-state index contributed by atoms with van der Waals surface area (Å²) in [4.78, 5) is 12.7. The van der Waals surface area contributed by atoms with E-state index in [-0.39, 0.29) is 23.9 Å². The second kappa shape index (κ2) is 7.00. The van der Waals surface area contributed by atoms with E-state index < -0.39 is 0 Å². The highest BCUT2D eigenvalue weighted by Crippen LogP contribution is 2.34. The van der Waals surface area contributed by atoms with E-state index >= 15 is 0 Å². The Bertz CT molecular complexity index is 754. The summed E-state index contributed by atoms with van der Waals surface area (Å²) in [5.41, 5.74) is 8.76. The van der Waals surface area contributed by atoms with Gasteiger partial charge in [-0.05, 0) is 49.7 Å². The van der Waals surface area contributed by atoms with Crippen LogP contribution in [0.25, 0.3) is 0 Å². The van der Waals surface area contributed by atoms with Gasteiger partial charge >= 0.3 is 0 Å². The van der Waals surface area contributed by atoms with Crippen molar-refractivity contribution in [3.63, 3.8) is 0 Å². The van der Waals surface area contributed by atoms with Crippen LogP contribution in [0.1, 0.15) is 55.7 Å². The predicted molar refractivity (Wildman–Crippen MR) is 98.3 cm³/mol. The van der Waals surface area contributed by atoms with E-state index in [0.717, 1.165) is 50.8 Å². The molecule has 1 aromatic heterocycles. The van der Waals surface area contributed by atoms with Gasteiger partial charge in [0.25, 0.3) is 0 Å². The maximum Gasteiger partial charge on any atom is 0.228 e. The molecule has 0 bridgehead atoms. The minimum atomic E-state index is 0.0192. The number of nitrogens with two attached hydrogens (primary N) is 1. The number of carbonyl (C=O) groups is 1. The van der Waals surface area contributed by atoms with Crippen molar-refractivity contribution in [3.8, 4) is 0 Å². The Labute approximate surface area is 148 Å². The third-order valence-electron chi connectivity index (χ3n) is 5.64. The van der Waals surface area contributed by atoms with Gasteiger partial charge in [-0.2, -0.15) is 5.10 Å².